The molecule has 0 bridgehead atoms. The number of aryl methyl sites for hydroxylation is 1. The highest BCUT2D eigenvalue weighted by Crippen LogP contribution is 2.24. The van der Waals surface area contributed by atoms with Crippen LogP contribution in [0.15, 0.2) is 24.3 Å². The minimum atomic E-state index is -0.514. The van der Waals surface area contributed by atoms with E-state index >= 15 is 0 Å². The Kier molecular flexibility index (Phi) is 6.82. The lowest BCUT2D eigenvalue weighted by Crippen LogP contribution is -2.48. The SMILES string of the molecule is CCCc1cc(N2CCCC(NC(=O)CO)C2)nc(Nc2ccc(F)c(N)c2)n1. The van der Waals surface area contributed by atoms with Gasteiger partial charge in [-0.15, -0.1) is 0 Å². The van der Waals surface area contributed by atoms with E-state index in [0.717, 1.165) is 43.7 Å². The molecule has 1 atom stereocenters. The highest BCUT2D eigenvalue weighted by atomic mass is 19.1. The number of nitrogens with zero attached hydrogens (tertiary/aromatic N) is 3. The van der Waals surface area contributed by atoms with E-state index in [4.69, 9.17) is 10.8 Å². The number of aliphatic hydroxyl groups is 1. The Bertz CT molecular complexity index is 863. The second kappa shape index (κ2) is 9.51. The predicted octanol–water partition coefficient (Wildman–Crippen LogP) is 1.97. The molecular formula is C20H27FN6O2. The molecule has 1 fully saturated rings. The topological polar surface area (TPSA) is 116 Å². The molecule has 5 N–H and O–H groups in total. The van der Waals surface area contributed by atoms with Gasteiger partial charge in [0.2, 0.25) is 11.9 Å². The molecule has 2 heterocycles. The van der Waals surface area contributed by atoms with Crippen molar-refractivity contribution in [1.82, 2.24) is 15.3 Å². The summed E-state index contributed by atoms with van der Waals surface area (Å²) in [5, 5.41) is 14.9. The van der Waals surface area contributed by atoms with Gasteiger partial charge in [-0.25, -0.2) is 9.37 Å². The maximum Gasteiger partial charge on any atom is 0.245 e. The van der Waals surface area contributed by atoms with E-state index in [0.29, 0.717) is 18.2 Å². The van der Waals surface area contributed by atoms with Crippen LogP contribution >= 0.6 is 0 Å². The number of nitrogens with two attached hydrogens (primary N) is 1. The molecule has 156 valence electrons. The molecule has 1 saturated heterocycles. The Balaban J connectivity index is 1.82. The standard InChI is InChI=1S/C20H27FN6O2/c1-2-4-13-10-18(27-8-3-5-15(11-27)23-19(29)12-28)26-20(24-13)25-14-6-7-16(21)17(22)9-14/h6-7,9-10,15,28H,2-5,8,11-12,22H2,1H3,(H,23,29)(H,24,25,26). The maximum absolute atomic E-state index is 13.4. The lowest BCUT2D eigenvalue weighted by molar-refractivity contribution is -0.124. The molecule has 0 aliphatic carbocycles. The Hall–Kier alpha value is -2.94. The van der Waals surface area contributed by atoms with Gasteiger partial charge in [-0.3, -0.25) is 4.79 Å². The number of nitrogen functional groups attached to an aromatic ring is 1. The fourth-order valence-electron chi connectivity index (χ4n) is 3.41. The highest BCUT2D eigenvalue weighted by Gasteiger charge is 2.23. The molecule has 1 aliphatic rings. The monoisotopic (exact) mass is 402 g/mol. The molecule has 1 unspecified atom stereocenters. The van der Waals surface area contributed by atoms with Gasteiger partial charge in [-0.05, 0) is 37.5 Å². The second-order valence-electron chi connectivity index (χ2n) is 7.16. The molecule has 2 aromatic rings. The average Bonchev–Trinajstić information content (AvgIpc) is 2.71. The summed E-state index contributed by atoms with van der Waals surface area (Å²) in [5.74, 6) is 0.339. The van der Waals surface area contributed by atoms with E-state index < -0.39 is 12.4 Å². The number of benzene rings is 1. The van der Waals surface area contributed by atoms with Crippen LogP contribution in [0, 0.1) is 5.82 Å². The van der Waals surface area contributed by atoms with E-state index in [9.17, 15) is 9.18 Å². The lowest BCUT2D eigenvalue weighted by Gasteiger charge is -2.34. The zero-order valence-electron chi connectivity index (χ0n) is 16.5. The van der Waals surface area contributed by atoms with Crippen molar-refractivity contribution < 1.29 is 14.3 Å². The molecule has 1 aromatic carbocycles. The number of aromatic nitrogens is 2. The first-order valence-electron chi connectivity index (χ1n) is 9.83. The average molecular weight is 402 g/mol. The number of carbonyl (C=O) groups excluding carboxylic acids is 1. The van der Waals surface area contributed by atoms with E-state index in [2.05, 4.69) is 32.4 Å². The largest absolute Gasteiger partial charge is 0.396 e. The predicted molar refractivity (Wildman–Crippen MR) is 111 cm³/mol. The van der Waals surface area contributed by atoms with E-state index in [1.165, 1.54) is 12.1 Å². The summed E-state index contributed by atoms with van der Waals surface area (Å²) < 4.78 is 13.4. The van der Waals surface area contributed by atoms with Gasteiger partial charge in [0, 0.05) is 36.6 Å². The summed E-state index contributed by atoms with van der Waals surface area (Å²) in [6, 6.07) is 6.31. The van der Waals surface area contributed by atoms with E-state index in [1.807, 2.05) is 6.07 Å². The molecule has 3 rings (SSSR count). The molecule has 9 heteroatoms. The van der Waals surface area contributed by atoms with Crippen molar-refractivity contribution in [2.24, 2.45) is 0 Å². The van der Waals surface area contributed by atoms with E-state index in [1.54, 1.807) is 6.07 Å². The van der Waals surface area contributed by atoms with Crippen LogP contribution in [0.5, 0.6) is 0 Å². The maximum atomic E-state index is 13.4. The molecule has 8 nitrogen and oxygen atoms in total. The summed E-state index contributed by atoms with van der Waals surface area (Å²) in [4.78, 5) is 22.8. The third kappa shape index (κ3) is 5.54. The van der Waals surface area contributed by atoms with Crippen LogP contribution in [0.4, 0.5) is 27.5 Å². The number of piperidine rings is 1. The van der Waals surface area contributed by atoms with Crippen molar-refractivity contribution in [2.45, 2.75) is 38.6 Å². The van der Waals surface area contributed by atoms with Gasteiger partial charge in [0.1, 0.15) is 18.2 Å². The third-order valence-corrected chi connectivity index (χ3v) is 4.78. The summed E-state index contributed by atoms with van der Waals surface area (Å²) in [6.45, 7) is 2.99. The zero-order chi connectivity index (χ0) is 20.8. The Labute approximate surface area is 169 Å². The normalized spacial score (nSPS) is 16.5. The number of hydrogen-bond acceptors (Lipinski definition) is 7. The number of halogens is 1. The fraction of sp³-hybridized carbons (Fsp3) is 0.450. The van der Waals surface area contributed by atoms with Crippen LogP contribution in [0.1, 0.15) is 31.9 Å². The van der Waals surface area contributed by atoms with Gasteiger partial charge in [-0.1, -0.05) is 13.3 Å². The van der Waals surface area contributed by atoms with Crippen molar-refractivity contribution in [1.29, 1.82) is 0 Å². The lowest BCUT2D eigenvalue weighted by atomic mass is 10.1. The zero-order valence-corrected chi connectivity index (χ0v) is 16.5. The van der Waals surface area contributed by atoms with Crippen molar-refractivity contribution in [3.63, 3.8) is 0 Å². The smallest absolute Gasteiger partial charge is 0.245 e. The Morgan fingerprint density at radius 1 is 1.38 bits per heavy atom. The molecule has 0 saturated carbocycles. The van der Waals surface area contributed by atoms with Gasteiger partial charge < -0.3 is 26.4 Å². The number of nitrogens with one attached hydrogen (secondary N) is 2. The van der Waals surface area contributed by atoms with Gasteiger partial charge in [0.25, 0.3) is 0 Å². The van der Waals surface area contributed by atoms with E-state index in [-0.39, 0.29) is 17.6 Å². The minimum absolute atomic E-state index is 0.0405. The number of anilines is 4. The summed E-state index contributed by atoms with van der Waals surface area (Å²) in [6.07, 6.45) is 3.50. The second-order valence-corrected chi connectivity index (χ2v) is 7.16. The van der Waals surface area contributed by atoms with Crippen molar-refractivity contribution in [2.75, 3.05) is 35.6 Å². The Morgan fingerprint density at radius 3 is 2.93 bits per heavy atom. The fourth-order valence-corrected chi connectivity index (χ4v) is 3.41. The number of amides is 1. The highest BCUT2D eigenvalue weighted by molar-refractivity contribution is 5.77. The van der Waals surface area contributed by atoms with Crippen LogP contribution in [0.3, 0.4) is 0 Å². The van der Waals surface area contributed by atoms with Crippen LogP contribution in [0.25, 0.3) is 0 Å². The van der Waals surface area contributed by atoms with Gasteiger partial charge in [-0.2, -0.15) is 4.98 Å². The van der Waals surface area contributed by atoms with Gasteiger partial charge in [0.15, 0.2) is 0 Å². The summed E-state index contributed by atoms with van der Waals surface area (Å²) >= 11 is 0. The van der Waals surface area contributed by atoms with Crippen molar-refractivity contribution >= 4 is 29.0 Å². The molecule has 0 spiro atoms. The third-order valence-electron chi connectivity index (χ3n) is 4.78. The first-order chi connectivity index (χ1) is 14.0. The molecule has 1 aromatic heterocycles. The Morgan fingerprint density at radius 2 is 2.21 bits per heavy atom. The van der Waals surface area contributed by atoms with Crippen LogP contribution in [-0.4, -0.2) is 46.7 Å². The number of aliphatic hydroxyl groups excluding tert-OH is 1. The number of rotatable bonds is 7. The number of hydrogen-bond donors (Lipinski definition) is 4. The van der Waals surface area contributed by atoms with Gasteiger partial charge >= 0.3 is 0 Å². The minimum Gasteiger partial charge on any atom is -0.396 e. The molecular weight excluding hydrogens is 375 g/mol. The van der Waals surface area contributed by atoms with Crippen LogP contribution in [-0.2, 0) is 11.2 Å². The first-order valence-corrected chi connectivity index (χ1v) is 9.83. The molecule has 29 heavy (non-hydrogen) atoms. The van der Waals surface area contributed by atoms with Crippen molar-refractivity contribution in [3.8, 4) is 0 Å². The molecule has 1 amide bonds. The molecule has 0 radical (unpaired) electrons. The number of carbonyl (C=O) groups is 1. The van der Waals surface area contributed by atoms with Gasteiger partial charge in [0.05, 0.1) is 5.69 Å². The van der Waals surface area contributed by atoms with Crippen LogP contribution < -0.4 is 21.3 Å². The summed E-state index contributed by atoms with van der Waals surface area (Å²) in [5.41, 5.74) is 7.21. The quantitative estimate of drug-likeness (QED) is 0.523. The first kappa shape index (κ1) is 20.8. The van der Waals surface area contributed by atoms with Crippen LogP contribution in [0.2, 0.25) is 0 Å². The molecule has 1 aliphatic heterocycles. The van der Waals surface area contributed by atoms with Crippen molar-refractivity contribution in [3.05, 3.63) is 35.8 Å². The summed E-state index contributed by atoms with van der Waals surface area (Å²) in [7, 11) is 0.